The number of nitrogens with two attached hydrogens (primary N) is 1. The van der Waals surface area contributed by atoms with Gasteiger partial charge in [-0.1, -0.05) is 18.2 Å². The van der Waals surface area contributed by atoms with Gasteiger partial charge in [-0.05, 0) is 49.7 Å². The molecule has 0 saturated carbocycles. The molecule has 6 nitrogen and oxygen atoms in total. The molecule has 148 valence electrons. The molecule has 4 N–H and O–H groups in total. The zero-order valence-electron chi connectivity index (χ0n) is 15.0. The summed E-state index contributed by atoms with van der Waals surface area (Å²) in [4.78, 5) is 12.7. The summed E-state index contributed by atoms with van der Waals surface area (Å²) in [6.07, 6.45) is 0. The summed E-state index contributed by atoms with van der Waals surface area (Å²) in [5.74, 6) is -0.721. The Morgan fingerprint density at radius 2 is 1.78 bits per heavy atom. The number of sulfonamides is 1. The molecule has 9 heteroatoms. The molecule has 0 fully saturated rings. The second kappa shape index (κ2) is 9.27. The van der Waals surface area contributed by atoms with Gasteiger partial charge in [0.25, 0.3) is 0 Å². The van der Waals surface area contributed by atoms with E-state index in [-0.39, 0.29) is 42.1 Å². The van der Waals surface area contributed by atoms with Crippen LogP contribution >= 0.6 is 12.4 Å². The Morgan fingerprint density at radius 3 is 2.37 bits per heavy atom. The maximum atomic E-state index is 13.1. The van der Waals surface area contributed by atoms with Gasteiger partial charge in [0, 0.05) is 18.8 Å². The number of amides is 1. The molecular weight excluding hydrogens is 393 g/mol. The van der Waals surface area contributed by atoms with Crippen LogP contribution in [0.3, 0.4) is 0 Å². The van der Waals surface area contributed by atoms with Gasteiger partial charge in [-0.3, -0.25) is 4.79 Å². The lowest BCUT2D eigenvalue weighted by Crippen LogP contribution is -2.34. The van der Waals surface area contributed by atoms with Gasteiger partial charge < -0.3 is 11.1 Å². The van der Waals surface area contributed by atoms with E-state index in [0.29, 0.717) is 11.3 Å². The van der Waals surface area contributed by atoms with E-state index >= 15 is 0 Å². The van der Waals surface area contributed by atoms with Crippen molar-refractivity contribution in [1.82, 2.24) is 4.72 Å². The minimum absolute atomic E-state index is 0. The molecule has 0 saturated heterocycles. The van der Waals surface area contributed by atoms with Gasteiger partial charge >= 0.3 is 0 Å². The quantitative estimate of drug-likeness (QED) is 0.646. The SMILES string of the molecule is CC(C)(C(=O)Nc1cccc(S(=O)(=O)NCCN)c1)c1ccc(F)cc1.Cl. The van der Waals surface area contributed by atoms with Crippen LogP contribution in [0.25, 0.3) is 0 Å². The minimum atomic E-state index is -3.70. The van der Waals surface area contributed by atoms with Crippen molar-refractivity contribution >= 4 is 34.0 Å². The number of hydrogen-bond acceptors (Lipinski definition) is 4. The number of rotatable bonds is 7. The van der Waals surface area contributed by atoms with Crippen molar-refractivity contribution in [3.8, 4) is 0 Å². The average Bonchev–Trinajstić information content (AvgIpc) is 2.60. The smallest absolute Gasteiger partial charge is 0.240 e. The van der Waals surface area contributed by atoms with Crippen molar-refractivity contribution in [2.24, 2.45) is 5.73 Å². The van der Waals surface area contributed by atoms with E-state index < -0.39 is 15.4 Å². The van der Waals surface area contributed by atoms with Gasteiger partial charge in [0.2, 0.25) is 15.9 Å². The molecule has 0 atom stereocenters. The highest BCUT2D eigenvalue weighted by molar-refractivity contribution is 7.89. The molecule has 0 spiro atoms. The summed E-state index contributed by atoms with van der Waals surface area (Å²) in [7, 11) is -3.70. The number of anilines is 1. The second-order valence-electron chi connectivity index (χ2n) is 6.30. The first-order valence-corrected chi connectivity index (χ1v) is 9.52. The van der Waals surface area contributed by atoms with Crippen LogP contribution in [-0.4, -0.2) is 27.4 Å². The maximum Gasteiger partial charge on any atom is 0.240 e. The molecule has 0 aliphatic heterocycles. The fourth-order valence-electron chi connectivity index (χ4n) is 2.30. The van der Waals surface area contributed by atoms with Crippen LogP contribution in [0.2, 0.25) is 0 Å². The summed E-state index contributed by atoms with van der Waals surface area (Å²) in [5, 5.41) is 2.71. The number of benzene rings is 2. The van der Waals surface area contributed by atoms with E-state index in [0.717, 1.165) is 0 Å². The van der Waals surface area contributed by atoms with Gasteiger partial charge in [-0.15, -0.1) is 12.4 Å². The Morgan fingerprint density at radius 1 is 1.15 bits per heavy atom. The van der Waals surface area contributed by atoms with E-state index in [1.165, 1.54) is 30.3 Å². The van der Waals surface area contributed by atoms with Crippen molar-refractivity contribution in [2.45, 2.75) is 24.2 Å². The van der Waals surface area contributed by atoms with Crippen molar-refractivity contribution in [2.75, 3.05) is 18.4 Å². The standard InChI is InChI=1S/C18H22FN3O3S.ClH/c1-18(2,13-6-8-14(19)9-7-13)17(23)22-15-4-3-5-16(12-15)26(24,25)21-11-10-20;/h3-9,12,21H,10-11,20H2,1-2H3,(H,22,23);1H. The highest BCUT2D eigenvalue weighted by Gasteiger charge is 2.30. The molecule has 0 aliphatic rings. The lowest BCUT2D eigenvalue weighted by Gasteiger charge is -2.24. The van der Waals surface area contributed by atoms with Crippen LogP contribution in [-0.2, 0) is 20.2 Å². The van der Waals surface area contributed by atoms with E-state index in [1.54, 1.807) is 32.0 Å². The van der Waals surface area contributed by atoms with Crippen molar-refractivity contribution < 1.29 is 17.6 Å². The summed E-state index contributed by atoms with van der Waals surface area (Å²) in [6, 6.07) is 11.6. The molecule has 0 aliphatic carbocycles. The van der Waals surface area contributed by atoms with Gasteiger partial charge in [-0.2, -0.15) is 0 Å². The second-order valence-corrected chi connectivity index (χ2v) is 8.07. The molecule has 0 aromatic heterocycles. The summed E-state index contributed by atoms with van der Waals surface area (Å²) in [5.41, 5.74) is 5.38. The first-order valence-electron chi connectivity index (χ1n) is 8.04. The highest BCUT2D eigenvalue weighted by Crippen LogP contribution is 2.26. The number of halogens is 2. The molecule has 0 bridgehead atoms. The largest absolute Gasteiger partial charge is 0.329 e. The third kappa shape index (κ3) is 5.74. The predicted octanol–water partition coefficient (Wildman–Crippen LogP) is 2.40. The van der Waals surface area contributed by atoms with Crippen molar-refractivity contribution in [3.05, 3.63) is 59.9 Å². The summed E-state index contributed by atoms with van der Waals surface area (Å²) in [6.45, 7) is 3.72. The molecule has 2 aromatic carbocycles. The van der Waals surface area contributed by atoms with E-state index in [1.807, 2.05) is 0 Å². The van der Waals surface area contributed by atoms with Crippen LogP contribution < -0.4 is 15.8 Å². The Bertz CT molecular complexity index is 887. The Hall–Kier alpha value is -2.00. The maximum absolute atomic E-state index is 13.1. The topological polar surface area (TPSA) is 101 Å². The monoisotopic (exact) mass is 415 g/mol. The van der Waals surface area contributed by atoms with Gasteiger partial charge in [0.15, 0.2) is 0 Å². The van der Waals surface area contributed by atoms with Gasteiger partial charge in [0.05, 0.1) is 10.3 Å². The summed E-state index contributed by atoms with van der Waals surface area (Å²) >= 11 is 0. The fraction of sp³-hybridized carbons (Fsp3) is 0.278. The van der Waals surface area contributed by atoms with Crippen molar-refractivity contribution in [3.63, 3.8) is 0 Å². The van der Waals surface area contributed by atoms with Crippen LogP contribution in [0, 0.1) is 5.82 Å². The number of hydrogen-bond donors (Lipinski definition) is 3. The normalized spacial score (nSPS) is 11.6. The summed E-state index contributed by atoms with van der Waals surface area (Å²) < 4.78 is 39.8. The first-order chi connectivity index (χ1) is 12.2. The number of carbonyl (C=O) groups excluding carboxylic acids is 1. The van der Waals surface area contributed by atoms with Crippen LogP contribution in [0.4, 0.5) is 10.1 Å². The highest BCUT2D eigenvalue weighted by atomic mass is 35.5. The molecule has 2 aromatic rings. The predicted molar refractivity (Wildman–Crippen MR) is 106 cm³/mol. The zero-order chi connectivity index (χ0) is 19.4. The molecule has 1 amide bonds. The molecule has 0 heterocycles. The minimum Gasteiger partial charge on any atom is -0.329 e. The number of nitrogens with one attached hydrogen (secondary N) is 2. The van der Waals surface area contributed by atoms with E-state index in [4.69, 9.17) is 5.73 Å². The number of carbonyl (C=O) groups is 1. The fourth-order valence-corrected chi connectivity index (χ4v) is 3.40. The van der Waals surface area contributed by atoms with Crippen LogP contribution in [0.1, 0.15) is 19.4 Å². The Kier molecular flexibility index (Phi) is 7.91. The van der Waals surface area contributed by atoms with Gasteiger partial charge in [0.1, 0.15) is 5.82 Å². The molecule has 0 unspecified atom stereocenters. The third-order valence-electron chi connectivity index (χ3n) is 3.97. The molecule has 27 heavy (non-hydrogen) atoms. The lowest BCUT2D eigenvalue weighted by molar-refractivity contribution is -0.120. The zero-order valence-corrected chi connectivity index (χ0v) is 16.7. The van der Waals surface area contributed by atoms with Crippen LogP contribution in [0.5, 0.6) is 0 Å². The Labute approximate surface area is 164 Å². The molecule has 2 rings (SSSR count). The lowest BCUT2D eigenvalue weighted by atomic mass is 9.83. The molecular formula is C18H23ClFN3O3S. The van der Waals surface area contributed by atoms with Crippen molar-refractivity contribution in [1.29, 1.82) is 0 Å². The van der Waals surface area contributed by atoms with E-state index in [2.05, 4.69) is 10.0 Å². The Balaban J connectivity index is 0.00000364. The third-order valence-corrected chi connectivity index (χ3v) is 5.43. The molecule has 0 radical (unpaired) electrons. The van der Waals surface area contributed by atoms with E-state index in [9.17, 15) is 17.6 Å². The average molecular weight is 416 g/mol. The first kappa shape index (κ1) is 23.0. The van der Waals surface area contributed by atoms with Gasteiger partial charge in [-0.25, -0.2) is 17.5 Å². The van der Waals surface area contributed by atoms with Crippen LogP contribution in [0.15, 0.2) is 53.4 Å².